The first-order valence-electron chi connectivity index (χ1n) is 15.3. The van der Waals surface area contributed by atoms with Crippen molar-refractivity contribution in [2.45, 2.75) is 87.7 Å². The van der Waals surface area contributed by atoms with Crippen molar-refractivity contribution in [3.63, 3.8) is 0 Å². The van der Waals surface area contributed by atoms with E-state index in [1.54, 1.807) is 50.6 Å². The van der Waals surface area contributed by atoms with Gasteiger partial charge in [-0.15, -0.1) is 0 Å². The van der Waals surface area contributed by atoms with Crippen molar-refractivity contribution in [3.05, 3.63) is 47.5 Å². The van der Waals surface area contributed by atoms with Crippen LogP contribution in [0.1, 0.15) is 72.1 Å². The lowest BCUT2D eigenvalue weighted by Gasteiger charge is -2.45. The first-order chi connectivity index (χ1) is 21.3. The van der Waals surface area contributed by atoms with Gasteiger partial charge in [0.15, 0.2) is 23.0 Å². The predicted octanol–water partition coefficient (Wildman–Crippen LogP) is 4.85. The molecule has 6 rings (SSSR count). The van der Waals surface area contributed by atoms with E-state index in [2.05, 4.69) is 0 Å². The van der Waals surface area contributed by atoms with Gasteiger partial charge in [0.2, 0.25) is 0 Å². The van der Waals surface area contributed by atoms with Crippen LogP contribution in [0, 0.1) is 0 Å². The molecule has 4 saturated heterocycles. The van der Waals surface area contributed by atoms with Crippen LogP contribution < -0.4 is 18.9 Å². The van der Waals surface area contributed by atoms with E-state index in [4.69, 9.17) is 28.4 Å². The van der Waals surface area contributed by atoms with Crippen molar-refractivity contribution < 1.29 is 42.8 Å². The Labute approximate surface area is 257 Å². The molecule has 0 aromatic heterocycles. The number of rotatable bonds is 8. The number of hydrogen-bond donors (Lipinski definition) is 0. The van der Waals surface area contributed by atoms with Gasteiger partial charge in [-0.25, -0.2) is 14.4 Å². The van der Waals surface area contributed by atoms with Crippen molar-refractivity contribution >= 4 is 18.0 Å². The summed E-state index contributed by atoms with van der Waals surface area (Å²) in [6, 6.07) is 10.2. The maximum Gasteiger partial charge on any atom is 0.338 e. The van der Waals surface area contributed by atoms with E-state index in [1.807, 2.05) is 9.80 Å². The molecule has 4 aliphatic rings. The highest BCUT2D eigenvalue weighted by atomic mass is 16.6. The number of esters is 2. The van der Waals surface area contributed by atoms with Crippen LogP contribution in [0.2, 0.25) is 0 Å². The molecule has 4 bridgehead atoms. The average molecular weight is 609 g/mol. The van der Waals surface area contributed by atoms with Gasteiger partial charge >= 0.3 is 18.0 Å². The van der Waals surface area contributed by atoms with E-state index in [0.29, 0.717) is 59.8 Å². The molecule has 2 amide bonds. The van der Waals surface area contributed by atoms with E-state index in [9.17, 15) is 14.4 Å². The molecule has 4 unspecified atom stereocenters. The Morgan fingerprint density at radius 2 is 0.886 bits per heavy atom. The second-order valence-corrected chi connectivity index (χ2v) is 12.0. The molecule has 0 aliphatic carbocycles. The van der Waals surface area contributed by atoms with Gasteiger partial charge in [-0.1, -0.05) is 0 Å². The molecule has 4 fully saturated rings. The molecular formula is C33H40N2O9. The highest BCUT2D eigenvalue weighted by Crippen LogP contribution is 2.43. The molecule has 4 aliphatic heterocycles. The lowest BCUT2D eigenvalue weighted by Crippen LogP contribution is -2.58. The van der Waals surface area contributed by atoms with Gasteiger partial charge < -0.3 is 38.2 Å². The average Bonchev–Trinajstić information content (AvgIpc) is 3.47. The number of ether oxygens (including phenoxy) is 6. The van der Waals surface area contributed by atoms with Crippen molar-refractivity contribution in [1.82, 2.24) is 9.80 Å². The molecule has 2 aromatic rings. The highest BCUT2D eigenvalue weighted by molar-refractivity contribution is 5.91. The third kappa shape index (κ3) is 5.59. The Morgan fingerprint density at radius 3 is 1.20 bits per heavy atom. The molecule has 0 radical (unpaired) electrons. The summed E-state index contributed by atoms with van der Waals surface area (Å²) in [6.07, 6.45) is 5.57. The minimum atomic E-state index is -0.405. The summed E-state index contributed by atoms with van der Waals surface area (Å²) in [5.74, 6) is 1.22. The Morgan fingerprint density at radius 1 is 0.545 bits per heavy atom. The minimum absolute atomic E-state index is 0.0319. The summed E-state index contributed by atoms with van der Waals surface area (Å²) in [5, 5.41) is 0. The fourth-order valence-corrected chi connectivity index (χ4v) is 7.57. The Kier molecular flexibility index (Phi) is 8.46. The molecule has 44 heavy (non-hydrogen) atoms. The van der Waals surface area contributed by atoms with Crippen LogP contribution in [0.5, 0.6) is 23.0 Å². The van der Waals surface area contributed by atoms with Crippen LogP contribution in [0.3, 0.4) is 0 Å². The number of piperidine rings is 2. The fourth-order valence-electron chi connectivity index (χ4n) is 7.57. The zero-order valence-electron chi connectivity index (χ0n) is 25.7. The van der Waals surface area contributed by atoms with E-state index in [1.165, 1.54) is 14.2 Å². The lowest BCUT2D eigenvalue weighted by molar-refractivity contribution is -0.0141. The van der Waals surface area contributed by atoms with Gasteiger partial charge in [0.05, 0.1) is 39.6 Å². The van der Waals surface area contributed by atoms with Crippen molar-refractivity contribution in [2.75, 3.05) is 28.4 Å². The second kappa shape index (κ2) is 12.5. The van der Waals surface area contributed by atoms with Crippen LogP contribution in [0.4, 0.5) is 4.79 Å². The maximum absolute atomic E-state index is 14.0. The smallest absolute Gasteiger partial charge is 0.338 e. The van der Waals surface area contributed by atoms with Crippen molar-refractivity contribution in [2.24, 2.45) is 0 Å². The molecule has 236 valence electrons. The lowest BCUT2D eigenvalue weighted by atomic mass is 9.97. The topological polar surface area (TPSA) is 113 Å². The van der Waals surface area contributed by atoms with E-state index in [-0.39, 0.29) is 42.4 Å². The van der Waals surface area contributed by atoms with E-state index < -0.39 is 11.9 Å². The standard InChI is InChI=1S/C33H40N2O9/c1-39-27-11-5-19(13-29(27)41-3)31(36)43-25-15-21-7-8-22(16-25)34(21)33(38)35-23-9-10-24(35)18-26(17-23)44-32(37)20-6-12-28(40-2)30(14-20)42-4/h5-6,11-14,21-26H,7-10,15-18H2,1-4H3. The van der Waals surface area contributed by atoms with Crippen molar-refractivity contribution in [1.29, 1.82) is 0 Å². The number of amides is 2. The number of carbonyl (C=O) groups excluding carboxylic acids is 3. The van der Waals surface area contributed by atoms with E-state index in [0.717, 1.165) is 25.7 Å². The number of methoxy groups -OCH3 is 4. The number of benzene rings is 2. The number of carbonyl (C=O) groups is 3. The van der Waals surface area contributed by atoms with Gasteiger partial charge in [0.1, 0.15) is 12.2 Å². The molecule has 0 spiro atoms. The van der Waals surface area contributed by atoms with Gasteiger partial charge in [-0.2, -0.15) is 0 Å². The molecule has 4 atom stereocenters. The van der Waals surface area contributed by atoms with Crippen LogP contribution in [-0.4, -0.2) is 92.6 Å². The molecule has 0 N–H and O–H groups in total. The normalized spacial score (nSPS) is 27.0. The highest BCUT2D eigenvalue weighted by Gasteiger charge is 2.51. The van der Waals surface area contributed by atoms with Gasteiger partial charge in [-0.05, 0) is 62.1 Å². The molecule has 2 aromatic carbocycles. The third-order valence-corrected chi connectivity index (χ3v) is 9.61. The van der Waals surface area contributed by atoms with Gasteiger partial charge in [-0.3, -0.25) is 0 Å². The SMILES string of the molecule is COc1ccc(C(=O)OC2CC3CCC(C2)N3C(=O)N2C3CCC2CC(OC(=O)c2ccc(OC)c(OC)c2)C3)cc1OC. The van der Waals surface area contributed by atoms with Crippen LogP contribution in [0.15, 0.2) is 36.4 Å². The first-order valence-corrected chi connectivity index (χ1v) is 15.3. The molecule has 4 heterocycles. The minimum Gasteiger partial charge on any atom is -0.493 e. The predicted molar refractivity (Wildman–Crippen MR) is 159 cm³/mol. The van der Waals surface area contributed by atoms with Crippen LogP contribution >= 0.6 is 0 Å². The number of hydrogen-bond acceptors (Lipinski definition) is 9. The second-order valence-electron chi connectivity index (χ2n) is 12.0. The van der Waals surface area contributed by atoms with E-state index >= 15 is 0 Å². The summed E-state index contributed by atoms with van der Waals surface area (Å²) in [6.45, 7) is 0. The summed E-state index contributed by atoms with van der Waals surface area (Å²) in [4.78, 5) is 44.1. The quantitative estimate of drug-likeness (QED) is 0.388. The summed E-state index contributed by atoms with van der Waals surface area (Å²) in [7, 11) is 6.15. The Bertz CT molecular complexity index is 1280. The van der Waals surface area contributed by atoms with Gasteiger partial charge in [0, 0.05) is 49.9 Å². The zero-order chi connectivity index (χ0) is 31.0. The monoisotopic (exact) mass is 608 g/mol. The summed E-state index contributed by atoms with van der Waals surface area (Å²) in [5.41, 5.74) is 0.805. The molecule has 11 nitrogen and oxygen atoms in total. The van der Waals surface area contributed by atoms with Crippen molar-refractivity contribution in [3.8, 4) is 23.0 Å². The number of nitrogens with zero attached hydrogens (tertiary/aromatic N) is 2. The molecular weight excluding hydrogens is 568 g/mol. The largest absolute Gasteiger partial charge is 0.493 e. The first kappa shape index (κ1) is 29.9. The Balaban J connectivity index is 1.06. The van der Waals surface area contributed by atoms with Gasteiger partial charge in [0.25, 0.3) is 0 Å². The summed E-state index contributed by atoms with van der Waals surface area (Å²) >= 11 is 0. The third-order valence-electron chi connectivity index (χ3n) is 9.61. The Hall–Kier alpha value is -4.15. The number of urea groups is 1. The molecule has 11 heteroatoms. The van der Waals surface area contributed by atoms with Crippen LogP contribution in [0.25, 0.3) is 0 Å². The molecule has 0 saturated carbocycles. The summed E-state index contributed by atoms with van der Waals surface area (Å²) < 4.78 is 33.0. The zero-order valence-corrected chi connectivity index (χ0v) is 25.7. The number of fused-ring (bicyclic) bond motifs is 4. The fraction of sp³-hybridized carbons (Fsp3) is 0.545. The maximum atomic E-state index is 14.0. The van der Waals surface area contributed by atoms with Crippen LogP contribution in [-0.2, 0) is 9.47 Å².